The van der Waals surface area contributed by atoms with Crippen molar-refractivity contribution >= 4 is 52.4 Å². The van der Waals surface area contributed by atoms with Crippen LogP contribution in [0.2, 0.25) is 0 Å². The summed E-state index contributed by atoms with van der Waals surface area (Å²) in [5, 5.41) is 13.7. The van der Waals surface area contributed by atoms with E-state index in [9.17, 15) is 19.2 Å². The third-order valence-corrected chi connectivity index (χ3v) is 11.8. The SMILES string of the molecule is COCC[C@H](NC(=O)OC)C(=O)N1CCC[C@H]1c1ncc(-c2cnc(-c3ncc(C4=CNC([C@@H]5CCCN5C(=O)[C@H](CCOC)NC(=O)OC)N4)s3)s2)[nH]1. The minimum atomic E-state index is -0.779. The maximum Gasteiger partial charge on any atom is 0.407 e. The second-order valence-electron chi connectivity index (χ2n) is 13.0. The van der Waals surface area contributed by atoms with E-state index in [-0.39, 0.29) is 30.1 Å². The zero-order valence-electron chi connectivity index (χ0n) is 30.6. The van der Waals surface area contributed by atoms with Crippen molar-refractivity contribution in [3.05, 3.63) is 35.5 Å². The number of hydrogen-bond donors (Lipinski definition) is 5. The van der Waals surface area contributed by atoms with Crippen molar-refractivity contribution in [3.63, 3.8) is 0 Å². The van der Waals surface area contributed by atoms with Crippen LogP contribution in [0.3, 0.4) is 0 Å². The predicted molar refractivity (Wildman–Crippen MR) is 199 cm³/mol. The molecule has 0 aliphatic carbocycles. The topological polar surface area (TPSA) is 214 Å². The monoisotopic (exact) mass is 786 g/mol. The Morgan fingerprint density at radius 1 is 0.815 bits per heavy atom. The number of nitrogens with zero attached hydrogens (tertiary/aromatic N) is 5. The first-order chi connectivity index (χ1) is 26.2. The number of ether oxygens (including phenoxy) is 4. The van der Waals surface area contributed by atoms with Gasteiger partial charge in [-0.25, -0.2) is 24.5 Å². The highest BCUT2D eigenvalue weighted by atomic mass is 32.1. The van der Waals surface area contributed by atoms with Gasteiger partial charge in [0.1, 0.15) is 24.1 Å². The van der Waals surface area contributed by atoms with E-state index in [0.717, 1.165) is 56.8 Å². The minimum Gasteiger partial charge on any atom is -0.453 e. The average Bonchev–Trinajstić information content (AvgIpc) is 4.03. The number of rotatable bonds is 15. The molecule has 3 aliphatic rings. The molecule has 0 spiro atoms. The van der Waals surface area contributed by atoms with Gasteiger partial charge in [0.15, 0.2) is 10.0 Å². The Balaban J connectivity index is 1.08. The zero-order valence-corrected chi connectivity index (χ0v) is 32.2. The Hall–Kier alpha value is -4.79. The third-order valence-electron chi connectivity index (χ3n) is 9.63. The first-order valence-corrected chi connectivity index (χ1v) is 19.4. The van der Waals surface area contributed by atoms with E-state index in [4.69, 9.17) is 18.9 Å². The normalized spacial score (nSPS) is 20.5. The quantitative estimate of drug-likeness (QED) is 0.150. The summed E-state index contributed by atoms with van der Waals surface area (Å²) in [6.45, 7) is 1.76. The molecule has 4 amide bonds. The maximum atomic E-state index is 13.6. The molecule has 3 aliphatic heterocycles. The number of carbonyl (C=O) groups is 4. The minimum absolute atomic E-state index is 0.132. The van der Waals surface area contributed by atoms with Crippen molar-refractivity contribution in [2.24, 2.45) is 0 Å². The summed E-state index contributed by atoms with van der Waals surface area (Å²) in [7, 11) is 5.63. The highest BCUT2D eigenvalue weighted by Crippen LogP contribution is 2.37. The van der Waals surface area contributed by atoms with Crippen molar-refractivity contribution in [3.8, 4) is 20.6 Å². The molecule has 1 unspecified atom stereocenters. The maximum absolute atomic E-state index is 13.6. The molecule has 292 valence electrons. The van der Waals surface area contributed by atoms with Crippen molar-refractivity contribution in [2.45, 2.75) is 68.9 Å². The highest BCUT2D eigenvalue weighted by molar-refractivity contribution is 7.23. The summed E-state index contributed by atoms with van der Waals surface area (Å²) >= 11 is 2.98. The molecule has 5 N–H and O–H groups in total. The van der Waals surface area contributed by atoms with Gasteiger partial charge in [-0.2, -0.15) is 0 Å². The second-order valence-corrected chi connectivity index (χ2v) is 15.0. The molecule has 20 heteroatoms. The number of H-pyrrole nitrogens is 1. The van der Waals surface area contributed by atoms with Gasteiger partial charge in [-0.1, -0.05) is 0 Å². The fraction of sp³-hybridized carbons (Fsp3) is 0.559. The summed E-state index contributed by atoms with van der Waals surface area (Å²) in [4.78, 5) is 73.7. The summed E-state index contributed by atoms with van der Waals surface area (Å²) in [6.07, 6.45) is 9.52. The Kier molecular flexibility index (Phi) is 13.0. The number of amides is 4. The van der Waals surface area contributed by atoms with Gasteiger partial charge in [-0.05, 0) is 25.7 Å². The van der Waals surface area contributed by atoms with Crippen molar-refractivity contribution in [1.29, 1.82) is 0 Å². The number of likely N-dealkylation sites (tertiary alicyclic amines) is 2. The summed E-state index contributed by atoms with van der Waals surface area (Å²) in [5.41, 5.74) is 1.64. The van der Waals surface area contributed by atoms with Gasteiger partial charge in [0.25, 0.3) is 0 Å². The van der Waals surface area contributed by atoms with E-state index in [2.05, 4.69) is 41.2 Å². The highest BCUT2D eigenvalue weighted by Gasteiger charge is 2.40. The fourth-order valence-electron chi connectivity index (χ4n) is 6.92. The van der Waals surface area contributed by atoms with Gasteiger partial charge in [-0.15, -0.1) is 22.7 Å². The molecule has 2 fully saturated rings. The Morgan fingerprint density at radius 2 is 1.41 bits per heavy atom. The van der Waals surface area contributed by atoms with Gasteiger partial charge in [0.05, 0.1) is 53.6 Å². The van der Waals surface area contributed by atoms with E-state index in [1.807, 2.05) is 11.1 Å². The van der Waals surface area contributed by atoms with Crippen LogP contribution in [-0.4, -0.2) is 133 Å². The largest absolute Gasteiger partial charge is 0.453 e. The van der Waals surface area contributed by atoms with Gasteiger partial charge in [-0.3, -0.25) is 9.59 Å². The molecule has 3 aromatic heterocycles. The summed E-state index contributed by atoms with van der Waals surface area (Å²) < 4.78 is 19.8. The number of nitrogens with one attached hydrogen (secondary N) is 5. The van der Waals surface area contributed by atoms with Gasteiger partial charge in [0, 0.05) is 72.0 Å². The number of carbonyl (C=O) groups excluding carboxylic acids is 4. The lowest BCUT2D eigenvalue weighted by Crippen LogP contribution is -2.56. The van der Waals surface area contributed by atoms with Crippen LogP contribution in [0.5, 0.6) is 0 Å². The lowest BCUT2D eigenvalue weighted by molar-refractivity contribution is -0.135. The average molecular weight is 787 g/mol. The number of imidazole rings is 1. The van der Waals surface area contributed by atoms with Crippen LogP contribution in [0.25, 0.3) is 26.3 Å². The molecule has 5 atom stereocenters. The lowest BCUT2D eigenvalue weighted by Gasteiger charge is -2.33. The van der Waals surface area contributed by atoms with Crippen LogP contribution in [0.1, 0.15) is 55.3 Å². The molecule has 0 bridgehead atoms. The Labute approximate surface area is 320 Å². The number of aromatic nitrogens is 4. The summed E-state index contributed by atoms with van der Waals surface area (Å²) in [6, 6.07) is -1.93. The lowest BCUT2D eigenvalue weighted by atomic mass is 10.1. The molecule has 0 aromatic carbocycles. The van der Waals surface area contributed by atoms with Gasteiger partial charge in [0.2, 0.25) is 11.8 Å². The molecule has 3 aromatic rings. The van der Waals surface area contributed by atoms with Crippen LogP contribution in [0, 0.1) is 0 Å². The Morgan fingerprint density at radius 3 is 2.06 bits per heavy atom. The molecule has 0 saturated carbocycles. The molecule has 6 rings (SSSR count). The molecule has 6 heterocycles. The molecule has 0 radical (unpaired) electrons. The summed E-state index contributed by atoms with van der Waals surface area (Å²) in [5.74, 6) is 0.286. The van der Waals surface area contributed by atoms with Gasteiger partial charge < -0.3 is 55.0 Å². The van der Waals surface area contributed by atoms with Crippen molar-refractivity contribution < 1.29 is 38.1 Å². The molecular formula is C34H46N10O8S2. The van der Waals surface area contributed by atoms with E-state index in [0.29, 0.717) is 45.0 Å². The van der Waals surface area contributed by atoms with Crippen LogP contribution in [-0.2, 0) is 28.5 Å². The standard InChI is InChI=1S/C34H46N10O8S2/c1-49-13-9-19(41-33(47)51-3)31(45)43-11-5-7-23(43)27-35-15-21(39-27)25-17-37-29(53-25)30-38-18-26(54-30)22-16-36-28(40-22)24-8-6-12-44(24)32(46)20(10-14-50-2)42-34(48)52-4/h15-20,23-24,27,35,39H,5-14H2,1-4H3,(H,36,40)(H,41,47)(H,42,48)/t19-,20-,23-,24-,27?/m0/s1. The Bertz CT molecular complexity index is 1810. The molecule has 2 saturated heterocycles. The fourth-order valence-corrected chi connectivity index (χ4v) is 8.73. The van der Waals surface area contributed by atoms with Gasteiger partial charge >= 0.3 is 12.2 Å². The molecule has 54 heavy (non-hydrogen) atoms. The van der Waals surface area contributed by atoms with Crippen molar-refractivity contribution in [2.75, 3.05) is 54.7 Å². The second kappa shape index (κ2) is 18.0. The molecular weight excluding hydrogens is 741 g/mol. The number of aromatic amines is 1. The smallest absolute Gasteiger partial charge is 0.407 e. The first kappa shape index (κ1) is 38.9. The van der Waals surface area contributed by atoms with E-state index in [1.54, 1.807) is 37.7 Å². The van der Waals surface area contributed by atoms with E-state index < -0.39 is 24.3 Å². The predicted octanol–water partition coefficient (Wildman–Crippen LogP) is 2.65. The number of hydrogen-bond acceptors (Lipinski definition) is 15. The van der Waals surface area contributed by atoms with Crippen LogP contribution in [0.4, 0.5) is 9.59 Å². The number of thiazole rings is 2. The number of methoxy groups -OCH3 is 4. The van der Waals surface area contributed by atoms with Crippen molar-refractivity contribution in [1.82, 2.24) is 51.0 Å². The van der Waals surface area contributed by atoms with E-state index >= 15 is 0 Å². The number of alkyl carbamates (subject to hydrolysis) is 2. The van der Waals surface area contributed by atoms with Crippen LogP contribution < -0.4 is 21.3 Å². The molecule has 18 nitrogen and oxygen atoms in total. The van der Waals surface area contributed by atoms with E-state index in [1.165, 1.54) is 36.9 Å². The van der Waals surface area contributed by atoms with Crippen LogP contribution in [0.15, 0.2) is 24.8 Å². The first-order valence-electron chi connectivity index (χ1n) is 17.7. The third kappa shape index (κ3) is 8.77. The zero-order chi connectivity index (χ0) is 38.2. The van der Waals surface area contributed by atoms with Crippen LogP contribution >= 0.6 is 22.7 Å².